The van der Waals surface area contributed by atoms with Crippen molar-refractivity contribution in [3.8, 4) is 0 Å². The third-order valence-corrected chi connectivity index (χ3v) is 2.89. The molecule has 4 heteroatoms. The smallest absolute Gasteiger partial charge is 0.113 e. The number of ether oxygens (including phenoxy) is 1. The van der Waals surface area contributed by atoms with E-state index in [1.54, 1.807) is 12.4 Å². The van der Waals surface area contributed by atoms with Gasteiger partial charge in [-0.25, -0.2) is 0 Å². The van der Waals surface area contributed by atoms with Crippen molar-refractivity contribution in [3.63, 3.8) is 0 Å². The monoisotopic (exact) mass is 227 g/mol. The van der Waals surface area contributed by atoms with Gasteiger partial charge in [0.15, 0.2) is 0 Å². The Hall–Kier alpha value is -1.94. The van der Waals surface area contributed by atoms with E-state index in [0.717, 1.165) is 35.4 Å². The van der Waals surface area contributed by atoms with Crippen molar-refractivity contribution < 1.29 is 4.74 Å². The Labute approximate surface area is 99.1 Å². The lowest BCUT2D eigenvalue weighted by molar-refractivity contribution is 0.225. The first-order valence-corrected chi connectivity index (χ1v) is 5.64. The molecule has 1 aliphatic heterocycles. The van der Waals surface area contributed by atoms with Crippen LogP contribution in [0.3, 0.4) is 0 Å². The Morgan fingerprint density at radius 1 is 1.18 bits per heavy atom. The molecule has 1 aromatic carbocycles. The maximum Gasteiger partial charge on any atom is 0.113 e. The molecule has 2 aromatic rings. The van der Waals surface area contributed by atoms with E-state index in [1.165, 1.54) is 0 Å². The Morgan fingerprint density at radius 2 is 2.00 bits per heavy atom. The maximum atomic E-state index is 6.15. The summed E-state index contributed by atoms with van der Waals surface area (Å²) in [5.74, 6) is 0.855. The average molecular weight is 227 g/mol. The molecular formula is C13H13N3O. The van der Waals surface area contributed by atoms with Crippen LogP contribution in [0.15, 0.2) is 42.4 Å². The molecule has 0 bridgehead atoms. The normalized spacial score (nSPS) is 16.6. The van der Waals surface area contributed by atoms with E-state index in [1.807, 2.05) is 24.3 Å². The van der Waals surface area contributed by atoms with Gasteiger partial charge in [-0.15, -0.1) is 0 Å². The first kappa shape index (κ1) is 10.2. The van der Waals surface area contributed by atoms with Gasteiger partial charge in [-0.05, 0) is 23.8 Å². The van der Waals surface area contributed by atoms with Crippen molar-refractivity contribution in [3.05, 3.63) is 48.0 Å². The number of fused-ring (bicyclic) bond motifs is 1. The Bertz CT molecular complexity index is 580. The predicted octanol–water partition coefficient (Wildman–Crippen LogP) is 1.93. The molecular weight excluding hydrogens is 214 g/mol. The molecule has 1 aromatic heterocycles. The molecule has 86 valence electrons. The minimum atomic E-state index is -0.205. The van der Waals surface area contributed by atoms with E-state index in [9.17, 15) is 0 Å². The first-order valence-electron chi connectivity index (χ1n) is 5.64. The Balaban J connectivity index is 2.00. The SMILES string of the molecule is NC(C1=CCCO1)c1ccc2nccnc2c1. The lowest BCUT2D eigenvalue weighted by Crippen LogP contribution is -2.13. The number of nitrogens with zero attached hydrogens (tertiary/aromatic N) is 2. The fourth-order valence-corrected chi connectivity index (χ4v) is 1.99. The van der Waals surface area contributed by atoms with Crippen LogP contribution < -0.4 is 5.73 Å². The fourth-order valence-electron chi connectivity index (χ4n) is 1.99. The fraction of sp³-hybridized carbons (Fsp3) is 0.231. The second-order valence-corrected chi connectivity index (χ2v) is 4.03. The van der Waals surface area contributed by atoms with Crippen molar-refractivity contribution in [1.29, 1.82) is 0 Å². The average Bonchev–Trinajstić information content (AvgIpc) is 2.91. The van der Waals surface area contributed by atoms with Crippen molar-refractivity contribution >= 4 is 11.0 Å². The molecule has 1 atom stereocenters. The molecule has 0 aliphatic carbocycles. The summed E-state index contributed by atoms with van der Waals surface area (Å²) in [6.45, 7) is 0.733. The van der Waals surface area contributed by atoms with E-state index in [4.69, 9.17) is 10.5 Å². The highest BCUT2D eigenvalue weighted by molar-refractivity contribution is 5.74. The van der Waals surface area contributed by atoms with Crippen LogP contribution in [0.5, 0.6) is 0 Å². The van der Waals surface area contributed by atoms with E-state index in [2.05, 4.69) is 9.97 Å². The molecule has 17 heavy (non-hydrogen) atoms. The molecule has 1 aliphatic rings. The van der Waals surface area contributed by atoms with Crippen molar-refractivity contribution in [1.82, 2.24) is 9.97 Å². The zero-order chi connectivity index (χ0) is 11.7. The predicted molar refractivity (Wildman–Crippen MR) is 65.1 cm³/mol. The molecule has 0 saturated heterocycles. The third-order valence-electron chi connectivity index (χ3n) is 2.89. The number of hydrogen-bond donors (Lipinski definition) is 1. The van der Waals surface area contributed by atoms with E-state index >= 15 is 0 Å². The Morgan fingerprint density at radius 3 is 2.76 bits per heavy atom. The summed E-state index contributed by atoms with van der Waals surface area (Å²) < 4.78 is 5.48. The topological polar surface area (TPSA) is 61.0 Å². The van der Waals surface area contributed by atoms with E-state index < -0.39 is 0 Å². The number of rotatable bonds is 2. The van der Waals surface area contributed by atoms with Crippen LogP contribution in [0.25, 0.3) is 11.0 Å². The molecule has 1 unspecified atom stereocenters. The van der Waals surface area contributed by atoms with Crippen molar-refractivity contribution in [2.45, 2.75) is 12.5 Å². The second kappa shape index (κ2) is 4.14. The van der Waals surface area contributed by atoms with Crippen LogP contribution in [0, 0.1) is 0 Å². The van der Waals surface area contributed by atoms with Gasteiger partial charge in [0, 0.05) is 18.8 Å². The third kappa shape index (κ3) is 1.87. The minimum absolute atomic E-state index is 0.205. The van der Waals surface area contributed by atoms with E-state index in [-0.39, 0.29) is 6.04 Å². The van der Waals surface area contributed by atoms with Gasteiger partial charge in [0.25, 0.3) is 0 Å². The molecule has 0 amide bonds. The van der Waals surface area contributed by atoms with Gasteiger partial charge < -0.3 is 10.5 Å². The largest absolute Gasteiger partial charge is 0.496 e. The lowest BCUT2D eigenvalue weighted by Gasteiger charge is -2.13. The molecule has 3 rings (SSSR count). The molecule has 0 saturated carbocycles. The van der Waals surface area contributed by atoms with Gasteiger partial charge in [-0.3, -0.25) is 9.97 Å². The molecule has 0 radical (unpaired) electrons. The first-order chi connectivity index (χ1) is 8.34. The van der Waals surface area contributed by atoms with Crippen LogP contribution >= 0.6 is 0 Å². The van der Waals surface area contributed by atoms with Crippen LogP contribution in [0.2, 0.25) is 0 Å². The molecule has 0 fully saturated rings. The number of nitrogens with two attached hydrogens (primary N) is 1. The highest BCUT2D eigenvalue weighted by Gasteiger charge is 2.16. The summed E-state index contributed by atoms with van der Waals surface area (Å²) in [4.78, 5) is 8.50. The minimum Gasteiger partial charge on any atom is -0.496 e. The highest BCUT2D eigenvalue weighted by Crippen LogP contribution is 2.25. The molecule has 0 spiro atoms. The summed E-state index contributed by atoms with van der Waals surface area (Å²) in [7, 11) is 0. The van der Waals surface area contributed by atoms with Gasteiger partial charge in [-0.2, -0.15) is 0 Å². The van der Waals surface area contributed by atoms with Gasteiger partial charge in [0.1, 0.15) is 5.76 Å². The highest BCUT2D eigenvalue weighted by atomic mass is 16.5. The summed E-state index contributed by atoms with van der Waals surface area (Å²) in [6.07, 6.45) is 6.36. The summed E-state index contributed by atoms with van der Waals surface area (Å²) in [6, 6.07) is 5.68. The molecule has 2 heterocycles. The lowest BCUT2D eigenvalue weighted by atomic mass is 10.0. The maximum absolute atomic E-state index is 6.15. The summed E-state index contributed by atoms with van der Waals surface area (Å²) in [5, 5.41) is 0. The quantitative estimate of drug-likeness (QED) is 0.851. The summed E-state index contributed by atoms with van der Waals surface area (Å²) >= 11 is 0. The van der Waals surface area contributed by atoms with Crippen LogP contribution in [0.4, 0.5) is 0 Å². The number of benzene rings is 1. The molecule has 4 nitrogen and oxygen atoms in total. The Kier molecular flexibility index (Phi) is 2.49. The standard InChI is InChI=1S/C13H13N3O/c14-13(12-2-1-7-17-12)9-3-4-10-11(8-9)16-6-5-15-10/h2-6,8,13H,1,7,14H2. The molecule has 2 N–H and O–H groups in total. The van der Waals surface area contributed by atoms with Crippen LogP contribution in [0.1, 0.15) is 18.0 Å². The van der Waals surface area contributed by atoms with Crippen LogP contribution in [-0.4, -0.2) is 16.6 Å². The van der Waals surface area contributed by atoms with Crippen molar-refractivity contribution in [2.24, 2.45) is 5.73 Å². The van der Waals surface area contributed by atoms with E-state index in [0.29, 0.717) is 0 Å². The summed E-state index contributed by atoms with van der Waals surface area (Å²) in [5.41, 5.74) is 8.90. The van der Waals surface area contributed by atoms with Crippen LogP contribution in [-0.2, 0) is 4.74 Å². The zero-order valence-corrected chi connectivity index (χ0v) is 9.34. The van der Waals surface area contributed by atoms with Gasteiger partial charge in [-0.1, -0.05) is 6.07 Å². The second-order valence-electron chi connectivity index (χ2n) is 4.03. The van der Waals surface area contributed by atoms with Crippen molar-refractivity contribution in [2.75, 3.05) is 6.61 Å². The van der Waals surface area contributed by atoms with Gasteiger partial charge >= 0.3 is 0 Å². The zero-order valence-electron chi connectivity index (χ0n) is 9.34. The van der Waals surface area contributed by atoms with Gasteiger partial charge in [0.05, 0.1) is 23.7 Å². The van der Waals surface area contributed by atoms with Gasteiger partial charge in [0.2, 0.25) is 0 Å². The number of aromatic nitrogens is 2. The number of hydrogen-bond acceptors (Lipinski definition) is 4.